The van der Waals surface area contributed by atoms with E-state index >= 15 is 0 Å². The van der Waals surface area contributed by atoms with E-state index in [-0.39, 0.29) is 0 Å². The summed E-state index contributed by atoms with van der Waals surface area (Å²) in [6, 6.07) is 10.8. The summed E-state index contributed by atoms with van der Waals surface area (Å²) in [7, 11) is 0. The molecule has 0 bridgehead atoms. The van der Waals surface area contributed by atoms with Crippen LogP contribution in [0.5, 0.6) is 0 Å². The van der Waals surface area contributed by atoms with Crippen LogP contribution in [0.3, 0.4) is 0 Å². The zero-order valence-electron chi connectivity index (χ0n) is 5.80. The third-order valence-corrected chi connectivity index (χ3v) is 5.57. The van der Waals surface area contributed by atoms with Crippen LogP contribution in [-0.4, -0.2) is 0 Å². The number of benzene rings is 1. The van der Waals surface area contributed by atoms with Crippen molar-refractivity contribution in [3.63, 3.8) is 0 Å². The Hall–Kier alpha value is 0.155. The molecule has 0 unspecified atom stereocenters. The summed E-state index contributed by atoms with van der Waals surface area (Å²) in [6.45, 7) is 0. The fourth-order valence-corrected chi connectivity index (χ4v) is 4.47. The second-order valence-corrected chi connectivity index (χ2v) is 8.07. The molecule has 0 atom stereocenters. The Balaban J connectivity index is 2.61. The van der Waals surface area contributed by atoms with Crippen molar-refractivity contribution in [1.82, 2.24) is 0 Å². The molecule has 44 valence electrons. The van der Waals surface area contributed by atoms with Gasteiger partial charge in [0.15, 0.2) is 0 Å². The van der Waals surface area contributed by atoms with E-state index in [1.807, 2.05) is 0 Å². The first-order valence-electron chi connectivity index (χ1n) is 3.47. The molecule has 0 fully saturated rings. The van der Waals surface area contributed by atoms with Crippen LogP contribution in [0.15, 0.2) is 30.3 Å². The Kier molecular flexibility index (Phi) is 3.27. The van der Waals surface area contributed by atoms with Gasteiger partial charge in [-0.15, -0.1) is 0 Å². The van der Waals surface area contributed by atoms with Crippen LogP contribution in [0.4, 0.5) is 0 Å². The van der Waals surface area contributed by atoms with Crippen molar-refractivity contribution in [3.8, 4) is 0 Å². The fourth-order valence-electron chi connectivity index (χ4n) is 0.933. The van der Waals surface area contributed by atoms with Gasteiger partial charge in [0.2, 0.25) is 0 Å². The predicted molar refractivity (Wildman–Crippen MR) is 36.0 cm³/mol. The second-order valence-electron chi connectivity index (χ2n) is 2.24. The Morgan fingerprint density at radius 1 is 1.22 bits per heavy atom. The number of rotatable bonds is 2. The first-order chi connectivity index (χ1) is 4.43. The van der Waals surface area contributed by atoms with Crippen LogP contribution >= 0.6 is 0 Å². The monoisotopic (exact) mass is 308 g/mol. The number of hydrogen-bond acceptors (Lipinski definition) is 0. The van der Waals surface area contributed by atoms with Crippen molar-refractivity contribution >= 4 is 0 Å². The summed E-state index contributed by atoms with van der Waals surface area (Å²) in [4.78, 5) is 0. The minimum atomic E-state index is -0.399. The Labute approximate surface area is 68.7 Å². The molecule has 0 aromatic heterocycles. The zero-order valence-corrected chi connectivity index (χ0v) is 11.3. The zero-order chi connectivity index (χ0) is 6.53. The van der Waals surface area contributed by atoms with Crippen molar-refractivity contribution < 1.29 is 24.6 Å². The molecule has 0 saturated heterocycles. The molecule has 0 aliphatic carbocycles. The summed E-state index contributed by atoms with van der Waals surface area (Å²) in [5, 5.41) is 0. The standard InChI is InChI=1S/C7H7.CH3.Hg/c1-7-5-3-2-4-6-7;;/h2-6H,1H2;1H3;. The van der Waals surface area contributed by atoms with Gasteiger partial charge in [0.1, 0.15) is 0 Å². The maximum absolute atomic E-state index is 2.42. The second kappa shape index (κ2) is 4.05. The van der Waals surface area contributed by atoms with Gasteiger partial charge in [-0.05, 0) is 0 Å². The van der Waals surface area contributed by atoms with Gasteiger partial charge in [0.25, 0.3) is 0 Å². The van der Waals surface area contributed by atoms with Crippen molar-refractivity contribution in [2.24, 2.45) is 0 Å². The van der Waals surface area contributed by atoms with Gasteiger partial charge in [-0.1, -0.05) is 0 Å². The summed E-state index contributed by atoms with van der Waals surface area (Å²) in [5.74, 6) is 0. The molecule has 0 amide bonds. The van der Waals surface area contributed by atoms with Gasteiger partial charge < -0.3 is 0 Å². The van der Waals surface area contributed by atoms with Crippen LogP contribution in [0.1, 0.15) is 5.56 Å². The third kappa shape index (κ3) is 2.48. The molecule has 9 heavy (non-hydrogen) atoms. The molecular formula is C8H10Hg. The average Bonchev–Trinajstić information content (AvgIpc) is 1.91. The van der Waals surface area contributed by atoms with E-state index in [1.54, 1.807) is 5.56 Å². The van der Waals surface area contributed by atoms with Crippen LogP contribution < -0.4 is 0 Å². The fraction of sp³-hybridized carbons (Fsp3) is 0.250. The molecular weight excluding hydrogens is 297 g/mol. The van der Waals surface area contributed by atoms with Crippen molar-refractivity contribution in [2.75, 3.05) is 0 Å². The molecule has 0 saturated carbocycles. The molecule has 0 aliphatic heterocycles. The quantitative estimate of drug-likeness (QED) is 0.736. The average molecular weight is 307 g/mol. The van der Waals surface area contributed by atoms with E-state index in [0.717, 1.165) is 0 Å². The van der Waals surface area contributed by atoms with Crippen LogP contribution in [0, 0.1) is 0 Å². The summed E-state index contributed by atoms with van der Waals surface area (Å²) in [5.41, 5.74) is 1.54. The topological polar surface area (TPSA) is 0 Å². The van der Waals surface area contributed by atoms with Gasteiger partial charge in [-0.2, -0.15) is 0 Å². The van der Waals surface area contributed by atoms with E-state index in [4.69, 9.17) is 0 Å². The van der Waals surface area contributed by atoms with Crippen LogP contribution in [0.2, 0.25) is 4.43 Å². The molecule has 1 aromatic rings. The molecule has 0 radical (unpaired) electrons. The van der Waals surface area contributed by atoms with Crippen LogP contribution in [-0.2, 0) is 28.5 Å². The molecule has 1 aromatic carbocycles. The molecule has 0 spiro atoms. The van der Waals surface area contributed by atoms with Gasteiger partial charge in [0.05, 0.1) is 0 Å². The van der Waals surface area contributed by atoms with Crippen LogP contribution in [0.25, 0.3) is 0 Å². The Morgan fingerprint density at radius 2 is 1.89 bits per heavy atom. The SMILES string of the molecule is [CH3][Hg][CH2]c1ccccc1. The molecule has 1 rings (SSSR count). The molecule has 0 N–H and O–H groups in total. The molecule has 0 aliphatic rings. The normalized spacial score (nSPS) is 8.56. The van der Waals surface area contributed by atoms with E-state index in [2.05, 4.69) is 34.8 Å². The van der Waals surface area contributed by atoms with Gasteiger partial charge in [-0.3, -0.25) is 0 Å². The summed E-state index contributed by atoms with van der Waals surface area (Å²) >= 11 is -0.399. The summed E-state index contributed by atoms with van der Waals surface area (Å²) in [6.07, 6.45) is 0. The predicted octanol–water partition coefficient (Wildman–Crippen LogP) is 2.32. The minimum absolute atomic E-state index is 0.399. The van der Waals surface area contributed by atoms with E-state index in [1.165, 1.54) is 3.93 Å². The Bertz CT molecular complexity index is 157. The van der Waals surface area contributed by atoms with Crippen molar-refractivity contribution in [3.05, 3.63) is 35.9 Å². The molecule has 0 nitrogen and oxygen atoms in total. The van der Waals surface area contributed by atoms with E-state index < -0.39 is 24.6 Å². The van der Waals surface area contributed by atoms with E-state index in [9.17, 15) is 0 Å². The van der Waals surface area contributed by atoms with Crippen molar-refractivity contribution in [1.29, 1.82) is 0 Å². The first-order valence-corrected chi connectivity index (χ1v) is 12.9. The van der Waals surface area contributed by atoms with Gasteiger partial charge >= 0.3 is 68.8 Å². The third-order valence-electron chi connectivity index (χ3n) is 1.38. The molecule has 0 heterocycles. The maximum atomic E-state index is 2.42. The number of hydrogen-bond donors (Lipinski definition) is 0. The first kappa shape index (κ1) is 7.26. The van der Waals surface area contributed by atoms with E-state index in [0.29, 0.717) is 0 Å². The van der Waals surface area contributed by atoms with Crippen molar-refractivity contribution in [2.45, 2.75) is 8.36 Å². The summed E-state index contributed by atoms with van der Waals surface area (Å²) < 4.78 is 3.86. The Morgan fingerprint density at radius 3 is 2.44 bits per heavy atom. The molecule has 1 heteroatoms. The van der Waals surface area contributed by atoms with Gasteiger partial charge in [0, 0.05) is 0 Å². The van der Waals surface area contributed by atoms with Gasteiger partial charge in [-0.25, -0.2) is 0 Å².